The Morgan fingerprint density at radius 1 is 1.14 bits per heavy atom. The SMILES string of the molecule is CC(C)NCC1CCN(S(=O)(=O)NC(C)C(C)(C)C)CC1. The van der Waals surface area contributed by atoms with Crippen molar-refractivity contribution in [2.75, 3.05) is 19.6 Å². The van der Waals surface area contributed by atoms with Gasteiger partial charge in [-0.25, -0.2) is 0 Å². The topological polar surface area (TPSA) is 61.4 Å². The molecule has 1 aliphatic heterocycles. The standard InChI is InChI=1S/C15H33N3O2S/c1-12(2)16-11-14-7-9-18(10-8-14)21(19,20)17-13(3)15(4,5)6/h12-14,16-17H,7-11H2,1-6H3. The zero-order valence-electron chi connectivity index (χ0n) is 14.4. The fourth-order valence-corrected chi connectivity index (χ4v) is 3.87. The lowest BCUT2D eigenvalue weighted by atomic mass is 9.89. The van der Waals surface area contributed by atoms with Crippen molar-refractivity contribution in [3.8, 4) is 0 Å². The van der Waals surface area contributed by atoms with Crippen LogP contribution in [0.5, 0.6) is 0 Å². The van der Waals surface area contributed by atoms with Crippen LogP contribution >= 0.6 is 0 Å². The lowest BCUT2D eigenvalue weighted by Gasteiger charge is -2.34. The fraction of sp³-hybridized carbons (Fsp3) is 1.00. The van der Waals surface area contributed by atoms with Gasteiger partial charge in [-0.15, -0.1) is 0 Å². The Balaban J connectivity index is 2.49. The summed E-state index contributed by atoms with van der Waals surface area (Å²) in [6.45, 7) is 14.6. The molecular weight excluding hydrogens is 286 g/mol. The number of hydrogen-bond acceptors (Lipinski definition) is 3. The number of rotatable bonds is 6. The average Bonchev–Trinajstić information content (AvgIpc) is 2.35. The highest BCUT2D eigenvalue weighted by Gasteiger charge is 2.31. The summed E-state index contributed by atoms with van der Waals surface area (Å²) in [4.78, 5) is 0. The molecule has 0 aromatic heterocycles. The van der Waals surface area contributed by atoms with Crippen molar-refractivity contribution < 1.29 is 8.42 Å². The van der Waals surface area contributed by atoms with E-state index in [2.05, 4.69) is 23.9 Å². The second-order valence-electron chi connectivity index (χ2n) is 7.62. The van der Waals surface area contributed by atoms with Crippen LogP contribution in [0.3, 0.4) is 0 Å². The van der Waals surface area contributed by atoms with Crippen LogP contribution in [0.4, 0.5) is 0 Å². The van der Waals surface area contributed by atoms with E-state index < -0.39 is 10.2 Å². The molecule has 0 amide bonds. The minimum absolute atomic E-state index is 0.0768. The van der Waals surface area contributed by atoms with E-state index in [9.17, 15) is 8.42 Å². The normalized spacial score (nSPS) is 20.9. The van der Waals surface area contributed by atoms with Crippen molar-refractivity contribution in [3.63, 3.8) is 0 Å². The lowest BCUT2D eigenvalue weighted by molar-refractivity contribution is 0.253. The highest BCUT2D eigenvalue weighted by Crippen LogP contribution is 2.22. The number of nitrogens with zero attached hydrogens (tertiary/aromatic N) is 1. The molecule has 6 heteroatoms. The Morgan fingerprint density at radius 3 is 2.10 bits per heavy atom. The summed E-state index contributed by atoms with van der Waals surface area (Å²) in [6.07, 6.45) is 1.87. The molecule has 1 unspecified atom stereocenters. The number of piperidine rings is 1. The van der Waals surface area contributed by atoms with E-state index in [1.165, 1.54) is 0 Å². The molecule has 21 heavy (non-hydrogen) atoms. The van der Waals surface area contributed by atoms with Gasteiger partial charge in [0.25, 0.3) is 10.2 Å². The summed E-state index contributed by atoms with van der Waals surface area (Å²) in [5, 5.41) is 3.44. The molecule has 1 atom stereocenters. The van der Waals surface area contributed by atoms with Crippen LogP contribution in [0.2, 0.25) is 0 Å². The van der Waals surface area contributed by atoms with Gasteiger partial charge in [0, 0.05) is 25.2 Å². The molecule has 0 aliphatic carbocycles. The van der Waals surface area contributed by atoms with Crippen molar-refractivity contribution in [1.29, 1.82) is 0 Å². The monoisotopic (exact) mass is 319 g/mol. The predicted molar refractivity (Wildman–Crippen MR) is 88.4 cm³/mol. The summed E-state index contributed by atoms with van der Waals surface area (Å²) in [6, 6.07) is 0.406. The van der Waals surface area contributed by atoms with Crippen LogP contribution in [0.15, 0.2) is 0 Å². The van der Waals surface area contributed by atoms with Crippen LogP contribution in [0.25, 0.3) is 0 Å². The molecule has 0 aromatic rings. The third-order valence-corrected chi connectivity index (χ3v) is 6.05. The third-order valence-electron chi connectivity index (χ3n) is 4.35. The van der Waals surface area contributed by atoms with Crippen LogP contribution in [0.1, 0.15) is 54.4 Å². The van der Waals surface area contributed by atoms with Gasteiger partial charge in [0.2, 0.25) is 0 Å². The Kier molecular flexibility index (Phi) is 6.65. The molecule has 0 aromatic carbocycles. The van der Waals surface area contributed by atoms with Gasteiger partial charge in [0.15, 0.2) is 0 Å². The van der Waals surface area contributed by atoms with Crippen molar-refractivity contribution in [2.24, 2.45) is 11.3 Å². The van der Waals surface area contributed by atoms with Crippen LogP contribution in [-0.2, 0) is 10.2 Å². The maximum atomic E-state index is 12.4. The first-order valence-corrected chi connectivity index (χ1v) is 9.47. The molecule has 1 aliphatic rings. The Hall–Kier alpha value is -0.170. The van der Waals surface area contributed by atoms with Crippen molar-refractivity contribution in [2.45, 2.75) is 66.5 Å². The minimum atomic E-state index is -3.36. The molecule has 1 rings (SSSR count). The minimum Gasteiger partial charge on any atom is -0.314 e. The molecule has 0 spiro atoms. The zero-order chi connectivity index (χ0) is 16.3. The van der Waals surface area contributed by atoms with E-state index in [0.717, 1.165) is 19.4 Å². The smallest absolute Gasteiger partial charge is 0.279 e. The van der Waals surface area contributed by atoms with Gasteiger partial charge in [0.1, 0.15) is 0 Å². The number of nitrogens with one attached hydrogen (secondary N) is 2. The van der Waals surface area contributed by atoms with Gasteiger partial charge in [-0.3, -0.25) is 0 Å². The van der Waals surface area contributed by atoms with E-state index in [4.69, 9.17) is 0 Å². The first-order chi connectivity index (χ1) is 9.52. The van der Waals surface area contributed by atoms with E-state index >= 15 is 0 Å². The molecular formula is C15H33N3O2S. The molecule has 126 valence electrons. The zero-order valence-corrected chi connectivity index (χ0v) is 15.3. The highest BCUT2D eigenvalue weighted by molar-refractivity contribution is 7.87. The maximum Gasteiger partial charge on any atom is 0.279 e. The lowest BCUT2D eigenvalue weighted by Crippen LogP contribution is -2.51. The molecule has 0 bridgehead atoms. The second-order valence-corrected chi connectivity index (χ2v) is 9.32. The summed E-state index contributed by atoms with van der Waals surface area (Å²) in [5.41, 5.74) is -0.0768. The van der Waals surface area contributed by atoms with E-state index in [-0.39, 0.29) is 11.5 Å². The van der Waals surface area contributed by atoms with Crippen molar-refractivity contribution >= 4 is 10.2 Å². The average molecular weight is 320 g/mol. The van der Waals surface area contributed by atoms with E-state index in [0.29, 0.717) is 25.0 Å². The van der Waals surface area contributed by atoms with Gasteiger partial charge < -0.3 is 5.32 Å². The summed E-state index contributed by atoms with van der Waals surface area (Å²) >= 11 is 0. The van der Waals surface area contributed by atoms with Gasteiger partial charge in [0.05, 0.1) is 0 Å². The molecule has 1 saturated heterocycles. The van der Waals surface area contributed by atoms with Crippen LogP contribution in [-0.4, -0.2) is 44.4 Å². The van der Waals surface area contributed by atoms with Crippen molar-refractivity contribution in [1.82, 2.24) is 14.3 Å². The molecule has 0 saturated carbocycles. The highest BCUT2D eigenvalue weighted by atomic mass is 32.2. The van der Waals surface area contributed by atoms with Crippen molar-refractivity contribution in [3.05, 3.63) is 0 Å². The Morgan fingerprint density at radius 2 is 1.67 bits per heavy atom. The van der Waals surface area contributed by atoms with Gasteiger partial charge in [-0.05, 0) is 37.6 Å². The first kappa shape index (κ1) is 18.9. The van der Waals surface area contributed by atoms with Gasteiger partial charge >= 0.3 is 0 Å². The quantitative estimate of drug-likeness (QED) is 0.787. The largest absolute Gasteiger partial charge is 0.314 e. The number of hydrogen-bond donors (Lipinski definition) is 2. The van der Waals surface area contributed by atoms with Gasteiger partial charge in [-0.2, -0.15) is 17.4 Å². The first-order valence-electron chi connectivity index (χ1n) is 8.03. The predicted octanol–water partition coefficient (Wildman–Crippen LogP) is 1.97. The van der Waals surface area contributed by atoms with Crippen LogP contribution < -0.4 is 10.0 Å². The Bertz CT molecular complexity index is 407. The Labute approximate surface area is 131 Å². The van der Waals surface area contributed by atoms with Gasteiger partial charge in [-0.1, -0.05) is 34.6 Å². The van der Waals surface area contributed by atoms with E-state index in [1.54, 1.807) is 4.31 Å². The molecule has 1 heterocycles. The summed E-state index contributed by atoms with van der Waals surface area (Å²) in [5.74, 6) is 0.582. The molecule has 1 fully saturated rings. The maximum absolute atomic E-state index is 12.4. The summed E-state index contributed by atoms with van der Waals surface area (Å²) in [7, 11) is -3.36. The van der Waals surface area contributed by atoms with E-state index in [1.807, 2.05) is 27.7 Å². The second kappa shape index (κ2) is 7.40. The fourth-order valence-electron chi connectivity index (χ4n) is 2.23. The summed E-state index contributed by atoms with van der Waals surface area (Å²) < 4.78 is 29.2. The molecule has 2 N–H and O–H groups in total. The third kappa shape index (κ3) is 6.22. The molecule has 0 radical (unpaired) electrons. The van der Waals surface area contributed by atoms with Crippen LogP contribution in [0, 0.1) is 11.3 Å². The molecule has 5 nitrogen and oxygen atoms in total.